The Kier molecular flexibility index (Phi) is 3.54. The lowest BCUT2D eigenvalue weighted by atomic mass is 9.75. The standard InChI is InChI=1S/C13H23N3O/c1-15(2)13(7-5-4-6-8-13)12(17)11-9-14-16(3)10-11/h9-10,12,17H,4-8H2,1-3H3. The number of hydrogen-bond donors (Lipinski definition) is 1. The first-order valence-electron chi connectivity index (χ1n) is 6.40. The van der Waals surface area contributed by atoms with E-state index < -0.39 is 6.10 Å². The zero-order chi connectivity index (χ0) is 12.5. The van der Waals surface area contributed by atoms with E-state index in [-0.39, 0.29) is 5.54 Å². The molecule has 1 atom stereocenters. The molecule has 0 saturated heterocycles. The molecule has 0 bridgehead atoms. The number of hydrogen-bond acceptors (Lipinski definition) is 3. The van der Waals surface area contributed by atoms with E-state index in [1.165, 1.54) is 19.3 Å². The topological polar surface area (TPSA) is 41.3 Å². The zero-order valence-electron chi connectivity index (χ0n) is 11.1. The minimum atomic E-state index is -0.438. The van der Waals surface area contributed by atoms with Gasteiger partial charge >= 0.3 is 0 Å². The van der Waals surface area contributed by atoms with Crippen molar-refractivity contribution in [1.82, 2.24) is 14.7 Å². The van der Waals surface area contributed by atoms with Crippen molar-refractivity contribution in [1.29, 1.82) is 0 Å². The first kappa shape index (κ1) is 12.6. The Labute approximate surface area is 103 Å². The van der Waals surface area contributed by atoms with Crippen molar-refractivity contribution >= 4 is 0 Å². The second-order valence-corrected chi connectivity index (χ2v) is 5.41. The molecular formula is C13H23N3O. The number of nitrogens with zero attached hydrogens (tertiary/aromatic N) is 3. The van der Waals surface area contributed by atoms with Crippen LogP contribution in [0.25, 0.3) is 0 Å². The lowest BCUT2D eigenvalue weighted by Gasteiger charge is -2.46. The maximum absolute atomic E-state index is 10.7. The van der Waals surface area contributed by atoms with E-state index in [1.807, 2.05) is 13.2 Å². The van der Waals surface area contributed by atoms with E-state index in [2.05, 4.69) is 24.1 Å². The summed E-state index contributed by atoms with van der Waals surface area (Å²) in [6, 6.07) is 0. The fourth-order valence-electron chi connectivity index (χ4n) is 3.02. The second kappa shape index (κ2) is 4.78. The summed E-state index contributed by atoms with van der Waals surface area (Å²) in [7, 11) is 6.04. The molecule has 0 radical (unpaired) electrons. The average molecular weight is 237 g/mol. The Balaban J connectivity index is 2.26. The Morgan fingerprint density at radius 2 is 2.00 bits per heavy atom. The highest BCUT2D eigenvalue weighted by Gasteiger charge is 2.42. The van der Waals surface area contributed by atoms with E-state index in [0.717, 1.165) is 18.4 Å². The summed E-state index contributed by atoms with van der Waals surface area (Å²) in [6.07, 6.45) is 9.09. The predicted molar refractivity (Wildman–Crippen MR) is 67.7 cm³/mol. The maximum Gasteiger partial charge on any atom is 0.100 e. The van der Waals surface area contributed by atoms with Crippen LogP contribution in [0.1, 0.15) is 43.8 Å². The van der Waals surface area contributed by atoms with E-state index in [4.69, 9.17) is 0 Å². The van der Waals surface area contributed by atoms with Crippen LogP contribution in [0.5, 0.6) is 0 Å². The number of aryl methyl sites for hydroxylation is 1. The maximum atomic E-state index is 10.7. The van der Waals surface area contributed by atoms with Gasteiger partial charge in [0.05, 0.1) is 11.7 Å². The summed E-state index contributed by atoms with van der Waals surface area (Å²) in [4.78, 5) is 2.20. The Hall–Kier alpha value is -0.870. The van der Waals surface area contributed by atoms with Gasteiger partial charge in [-0.3, -0.25) is 4.68 Å². The van der Waals surface area contributed by atoms with Gasteiger partial charge in [-0.25, -0.2) is 0 Å². The van der Waals surface area contributed by atoms with Crippen LogP contribution in [0.15, 0.2) is 12.4 Å². The number of aromatic nitrogens is 2. The molecular weight excluding hydrogens is 214 g/mol. The second-order valence-electron chi connectivity index (χ2n) is 5.41. The largest absolute Gasteiger partial charge is 0.386 e. The molecule has 1 unspecified atom stereocenters. The van der Waals surface area contributed by atoms with Crippen molar-refractivity contribution in [2.24, 2.45) is 7.05 Å². The molecule has 1 fully saturated rings. The molecule has 1 aliphatic rings. The summed E-state index contributed by atoms with van der Waals surface area (Å²) in [5.41, 5.74) is 0.824. The van der Waals surface area contributed by atoms with Gasteiger partial charge in [0.15, 0.2) is 0 Å². The molecule has 1 N–H and O–H groups in total. The number of rotatable bonds is 3. The Morgan fingerprint density at radius 3 is 2.47 bits per heavy atom. The molecule has 0 aromatic carbocycles. The molecule has 1 aromatic heterocycles. The fourth-order valence-corrected chi connectivity index (χ4v) is 3.02. The summed E-state index contributed by atoms with van der Waals surface area (Å²) in [5, 5.41) is 14.8. The molecule has 4 nitrogen and oxygen atoms in total. The molecule has 0 spiro atoms. The quantitative estimate of drug-likeness (QED) is 0.870. The van der Waals surface area contributed by atoms with Crippen LogP contribution in [0, 0.1) is 0 Å². The third-order valence-corrected chi connectivity index (χ3v) is 4.16. The minimum absolute atomic E-state index is 0.110. The molecule has 1 aliphatic carbocycles. The normalized spacial score (nSPS) is 21.7. The van der Waals surface area contributed by atoms with E-state index >= 15 is 0 Å². The number of likely N-dealkylation sites (N-methyl/N-ethyl adjacent to an activating group) is 1. The Bertz CT molecular complexity index is 366. The third-order valence-electron chi connectivity index (χ3n) is 4.16. The van der Waals surface area contributed by atoms with Crippen molar-refractivity contribution in [3.8, 4) is 0 Å². The van der Waals surface area contributed by atoms with Gasteiger partial charge in [-0.05, 0) is 26.9 Å². The van der Waals surface area contributed by atoms with Gasteiger partial charge in [0.2, 0.25) is 0 Å². The smallest absolute Gasteiger partial charge is 0.100 e. The van der Waals surface area contributed by atoms with E-state index in [0.29, 0.717) is 0 Å². The summed E-state index contributed by atoms with van der Waals surface area (Å²) < 4.78 is 1.75. The monoisotopic (exact) mass is 237 g/mol. The first-order valence-corrected chi connectivity index (χ1v) is 6.40. The average Bonchev–Trinajstić information content (AvgIpc) is 2.75. The van der Waals surface area contributed by atoms with Crippen LogP contribution in [0.2, 0.25) is 0 Å². The lowest BCUT2D eigenvalue weighted by molar-refractivity contribution is -0.0336. The van der Waals surface area contributed by atoms with Crippen molar-refractivity contribution < 1.29 is 5.11 Å². The van der Waals surface area contributed by atoms with E-state index in [1.54, 1.807) is 10.9 Å². The van der Waals surface area contributed by atoms with Gasteiger partial charge in [-0.15, -0.1) is 0 Å². The number of aliphatic hydroxyl groups is 1. The van der Waals surface area contributed by atoms with Crippen molar-refractivity contribution in [2.45, 2.75) is 43.7 Å². The molecule has 0 aliphatic heterocycles. The highest BCUT2D eigenvalue weighted by Crippen LogP contribution is 2.41. The van der Waals surface area contributed by atoms with Crippen LogP contribution >= 0.6 is 0 Å². The molecule has 2 rings (SSSR count). The molecule has 4 heteroatoms. The molecule has 17 heavy (non-hydrogen) atoms. The van der Waals surface area contributed by atoms with Crippen LogP contribution in [-0.2, 0) is 7.05 Å². The van der Waals surface area contributed by atoms with Crippen molar-refractivity contribution in [3.63, 3.8) is 0 Å². The first-order chi connectivity index (χ1) is 8.06. The number of aliphatic hydroxyl groups excluding tert-OH is 1. The SMILES string of the molecule is CN(C)C1(C(O)c2cnn(C)c2)CCCCC1. The van der Waals surface area contributed by atoms with Crippen molar-refractivity contribution in [2.75, 3.05) is 14.1 Å². The van der Waals surface area contributed by atoms with Crippen LogP contribution in [-0.4, -0.2) is 39.4 Å². The molecule has 1 saturated carbocycles. The summed E-state index contributed by atoms with van der Waals surface area (Å²) in [5.74, 6) is 0. The highest BCUT2D eigenvalue weighted by atomic mass is 16.3. The van der Waals surface area contributed by atoms with Crippen molar-refractivity contribution in [3.05, 3.63) is 18.0 Å². The predicted octanol–water partition coefficient (Wildman–Crippen LogP) is 1.72. The molecule has 1 heterocycles. The fraction of sp³-hybridized carbons (Fsp3) is 0.769. The van der Waals surface area contributed by atoms with E-state index in [9.17, 15) is 5.11 Å². The molecule has 1 aromatic rings. The van der Waals surface area contributed by atoms with Gasteiger partial charge in [0.1, 0.15) is 6.10 Å². The van der Waals surface area contributed by atoms with Gasteiger partial charge in [-0.2, -0.15) is 5.10 Å². The summed E-state index contributed by atoms with van der Waals surface area (Å²) in [6.45, 7) is 0. The van der Waals surface area contributed by atoms with Gasteiger partial charge in [-0.1, -0.05) is 19.3 Å². The Morgan fingerprint density at radius 1 is 1.35 bits per heavy atom. The zero-order valence-corrected chi connectivity index (χ0v) is 11.1. The van der Waals surface area contributed by atoms with Crippen LogP contribution in [0.3, 0.4) is 0 Å². The summed E-state index contributed by atoms with van der Waals surface area (Å²) >= 11 is 0. The van der Waals surface area contributed by atoms with Gasteiger partial charge in [0, 0.05) is 18.8 Å². The van der Waals surface area contributed by atoms with Gasteiger partial charge < -0.3 is 10.0 Å². The minimum Gasteiger partial charge on any atom is -0.386 e. The molecule has 96 valence electrons. The van der Waals surface area contributed by atoms with Crippen LogP contribution in [0.4, 0.5) is 0 Å². The van der Waals surface area contributed by atoms with Gasteiger partial charge in [0.25, 0.3) is 0 Å². The highest BCUT2D eigenvalue weighted by molar-refractivity contribution is 5.15. The lowest BCUT2D eigenvalue weighted by Crippen LogP contribution is -2.50. The third kappa shape index (κ3) is 2.24. The molecule has 0 amide bonds. The van der Waals surface area contributed by atoms with Crippen LogP contribution < -0.4 is 0 Å².